The number of alkyl halides is 1. The highest BCUT2D eigenvalue weighted by molar-refractivity contribution is 9.09. The number of hydrogen-bond acceptors (Lipinski definition) is 7. The Morgan fingerprint density at radius 1 is 1.33 bits per heavy atom. The third kappa shape index (κ3) is 4.73. The summed E-state index contributed by atoms with van der Waals surface area (Å²) in [5.74, 6) is -3.64. The lowest BCUT2D eigenvalue weighted by molar-refractivity contribution is -0.153. The molecule has 10 nitrogen and oxygen atoms in total. The van der Waals surface area contributed by atoms with Crippen molar-refractivity contribution in [1.82, 2.24) is 14.7 Å². The van der Waals surface area contributed by atoms with Crippen LogP contribution in [-0.4, -0.2) is 124 Å². The van der Waals surface area contributed by atoms with Crippen LogP contribution in [0.4, 0.5) is 0 Å². The van der Waals surface area contributed by atoms with E-state index >= 15 is 0 Å². The van der Waals surface area contributed by atoms with Crippen molar-refractivity contribution >= 4 is 33.7 Å². The Labute approximate surface area is 220 Å². The molecule has 7 atom stereocenters. The Kier molecular flexibility index (Phi) is 8.45. The SMILES string of the molecule is C=CCN(CCN1CCOCC1)C(=O)[C@@H]1N([C@@H](CO)CC(C)C)C(=O)[C@H]2[C@H](C(=O)O)[C@H]3O[C@@]12CC3Br. The average Bonchev–Trinajstić information content (AvgIpc) is 3.43. The number of aliphatic hydroxyl groups excluding tert-OH is 1. The Balaban J connectivity index is 1.70. The van der Waals surface area contributed by atoms with Crippen LogP contribution in [-0.2, 0) is 23.9 Å². The number of rotatable bonds is 11. The van der Waals surface area contributed by atoms with Gasteiger partial charge < -0.3 is 29.5 Å². The van der Waals surface area contributed by atoms with Crippen LogP contribution in [0.25, 0.3) is 0 Å². The van der Waals surface area contributed by atoms with Gasteiger partial charge in [-0.05, 0) is 18.8 Å². The van der Waals surface area contributed by atoms with Crippen LogP contribution < -0.4 is 0 Å². The van der Waals surface area contributed by atoms with Crippen molar-refractivity contribution in [3.8, 4) is 0 Å². The van der Waals surface area contributed by atoms with Gasteiger partial charge in [-0.15, -0.1) is 6.58 Å². The van der Waals surface area contributed by atoms with Crippen LogP contribution in [0.15, 0.2) is 12.7 Å². The van der Waals surface area contributed by atoms with Gasteiger partial charge in [0.1, 0.15) is 11.6 Å². The number of aliphatic carboxylic acids is 1. The standard InChI is InChI=1S/C25H38BrN3O7/c1-4-5-28(7-6-27-8-10-35-11-9-27)23(32)21-25-13-17(26)20(36-25)18(24(33)34)19(25)22(31)29(21)16(14-30)12-15(2)3/h4,15-21,30H,1,5-14H2,2-3H3,(H,33,34)/t16-,17?,18+,19-,20+,21+,25-/m1/s1. The summed E-state index contributed by atoms with van der Waals surface area (Å²) in [6, 6.07) is -1.62. The van der Waals surface area contributed by atoms with E-state index < -0.39 is 47.5 Å². The normalized spacial score (nSPS) is 34.8. The number of carbonyl (C=O) groups excluding carboxylic acids is 2. The molecule has 36 heavy (non-hydrogen) atoms. The zero-order valence-electron chi connectivity index (χ0n) is 21.1. The number of carboxylic acid groups (broad SMARTS) is 1. The summed E-state index contributed by atoms with van der Waals surface area (Å²) >= 11 is 3.57. The highest BCUT2D eigenvalue weighted by Gasteiger charge is 2.77. The molecule has 1 unspecified atom stereocenters. The molecule has 4 fully saturated rings. The number of likely N-dealkylation sites (tertiary alicyclic amines) is 1. The van der Waals surface area contributed by atoms with Crippen molar-refractivity contribution in [3.63, 3.8) is 0 Å². The fraction of sp³-hybridized carbons (Fsp3) is 0.800. The van der Waals surface area contributed by atoms with Crippen LogP contribution in [0.2, 0.25) is 0 Å². The van der Waals surface area contributed by atoms with E-state index in [1.165, 1.54) is 4.90 Å². The molecule has 2 bridgehead atoms. The number of hydrogen-bond donors (Lipinski definition) is 2. The van der Waals surface area contributed by atoms with Crippen LogP contribution in [0.1, 0.15) is 26.7 Å². The first-order chi connectivity index (χ1) is 17.2. The minimum absolute atomic E-state index is 0.158. The zero-order chi connectivity index (χ0) is 26.2. The number of carboxylic acids is 1. The number of carbonyl (C=O) groups is 3. The first-order valence-electron chi connectivity index (χ1n) is 12.8. The third-order valence-corrected chi connectivity index (χ3v) is 8.89. The van der Waals surface area contributed by atoms with Crippen molar-refractivity contribution in [2.24, 2.45) is 17.8 Å². The van der Waals surface area contributed by atoms with Crippen molar-refractivity contribution in [3.05, 3.63) is 12.7 Å². The number of morpholine rings is 1. The highest BCUT2D eigenvalue weighted by atomic mass is 79.9. The largest absolute Gasteiger partial charge is 0.481 e. The van der Waals surface area contributed by atoms with Crippen molar-refractivity contribution in [2.75, 3.05) is 52.5 Å². The molecule has 0 aromatic carbocycles. The van der Waals surface area contributed by atoms with E-state index in [-0.39, 0.29) is 23.3 Å². The monoisotopic (exact) mass is 571 g/mol. The fourth-order valence-electron chi connectivity index (χ4n) is 6.55. The molecule has 4 heterocycles. The van der Waals surface area contributed by atoms with Gasteiger partial charge in [-0.1, -0.05) is 35.9 Å². The fourth-order valence-corrected chi connectivity index (χ4v) is 7.49. The number of fused-ring (bicyclic) bond motifs is 1. The van der Waals surface area contributed by atoms with Gasteiger partial charge in [0.25, 0.3) is 0 Å². The summed E-state index contributed by atoms with van der Waals surface area (Å²) in [4.78, 5) is 45.6. The first-order valence-corrected chi connectivity index (χ1v) is 13.7. The minimum Gasteiger partial charge on any atom is -0.481 e. The summed E-state index contributed by atoms with van der Waals surface area (Å²) in [5.41, 5.74) is -1.25. The second-order valence-corrected chi connectivity index (χ2v) is 11.9. The maximum Gasteiger partial charge on any atom is 0.310 e. The molecule has 0 saturated carbocycles. The number of aliphatic hydroxyl groups is 1. The number of nitrogens with zero attached hydrogens (tertiary/aromatic N) is 3. The van der Waals surface area contributed by atoms with Crippen molar-refractivity contribution in [2.45, 2.75) is 55.3 Å². The Hall–Kier alpha value is -1.53. The second-order valence-electron chi connectivity index (χ2n) is 10.7. The van der Waals surface area contributed by atoms with E-state index in [1.807, 2.05) is 13.8 Å². The van der Waals surface area contributed by atoms with Crippen LogP contribution in [0.3, 0.4) is 0 Å². The quantitative estimate of drug-likeness (QED) is 0.273. The van der Waals surface area contributed by atoms with E-state index in [2.05, 4.69) is 27.4 Å². The molecule has 0 aliphatic carbocycles. The van der Waals surface area contributed by atoms with Gasteiger partial charge >= 0.3 is 5.97 Å². The summed E-state index contributed by atoms with van der Waals surface area (Å²) in [6.07, 6.45) is 1.82. The third-order valence-electron chi connectivity index (χ3n) is 8.04. The minimum atomic E-state index is -1.25. The van der Waals surface area contributed by atoms with E-state index in [0.29, 0.717) is 45.7 Å². The molecule has 1 spiro atoms. The van der Waals surface area contributed by atoms with Gasteiger partial charge in [-0.25, -0.2) is 0 Å². The summed E-state index contributed by atoms with van der Waals surface area (Å²) in [6.45, 7) is 11.7. The van der Waals surface area contributed by atoms with Gasteiger partial charge in [0.15, 0.2) is 0 Å². The molecule has 202 valence electrons. The number of amides is 2. The first kappa shape index (κ1) is 27.5. The lowest BCUT2D eigenvalue weighted by atomic mass is 9.70. The molecule has 4 saturated heterocycles. The number of ether oxygens (including phenoxy) is 2. The van der Waals surface area contributed by atoms with Gasteiger partial charge in [0.05, 0.1) is 43.8 Å². The molecule has 2 amide bonds. The average molecular weight is 572 g/mol. The molecular weight excluding hydrogens is 534 g/mol. The van der Waals surface area contributed by atoms with Crippen molar-refractivity contribution in [1.29, 1.82) is 0 Å². The smallest absolute Gasteiger partial charge is 0.310 e. The summed E-state index contributed by atoms with van der Waals surface area (Å²) in [5, 5.41) is 20.3. The molecule has 11 heteroatoms. The molecule has 2 N–H and O–H groups in total. The summed E-state index contributed by atoms with van der Waals surface area (Å²) in [7, 11) is 0. The lowest BCUT2D eigenvalue weighted by Gasteiger charge is -2.40. The molecule has 0 aromatic heterocycles. The van der Waals surface area contributed by atoms with Crippen LogP contribution in [0.5, 0.6) is 0 Å². The second kappa shape index (κ2) is 11.1. The van der Waals surface area contributed by atoms with E-state index in [9.17, 15) is 24.6 Å². The molecular formula is C25H38BrN3O7. The van der Waals surface area contributed by atoms with Gasteiger partial charge in [-0.3, -0.25) is 19.3 Å². The van der Waals surface area contributed by atoms with Crippen LogP contribution in [0, 0.1) is 17.8 Å². The van der Waals surface area contributed by atoms with Gasteiger partial charge in [-0.2, -0.15) is 0 Å². The number of halogens is 1. The van der Waals surface area contributed by atoms with E-state index in [4.69, 9.17) is 9.47 Å². The topological polar surface area (TPSA) is 120 Å². The lowest BCUT2D eigenvalue weighted by Crippen LogP contribution is -2.59. The van der Waals surface area contributed by atoms with E-state index in [1.54, 1.807) is 11.0 Å². The Morgan fingerprint density at radius 2 is 2.03 bits per heavy atom. The Bertz CT molecular complexity index is 867. The molecule has 4 aliphatic heterocycles. The van der Waals surface area contributed by atoms with Crippen molar-refractivity contribution < 1.29 is 34.1 Å². The molecule has 0 radical (unpaired) electrons. The maximum atomic E-state index is 14.3. The van der Waals surface area contributed by atoms with Gasteiger partial charge in [0, 0.05) is 37.6 Å². The molecule has 4 aliphatic rings. The van der Waals surface area contributed by atoms with Gasteiger partial charge in [0.2, 0.25) is 11.8 Å². The van der Waals surface area contributed by atoms with E-state index in [0.717, 1.165) is 13.1 Å². The Morgan fingerprint density at radius 3 is 2.61 bits per heavy atom. The zero-order valence-corrected chi connectivity index (χ0v) is 22.6. The predicted molar refractivity (Wildman–Crippen MR) is 135 cm³/mol. The maximum absolute atomic E-state index is 14.3. The predicted octanol–water partition coefficient (Wildman–Crippen LogP) is 0.573. The highest BCUT2D eigenvalue weighted by Crippen LogP contribution is 2.60. The van der Waals surface area contributed by atoms with Crippen LogP contribution >= 0.6 is 15.9 Å². The molecule has 0 aromatic rings. The summed E-state index contributed by atoms with van der Waals surface area (Å²) < 4.78 is 11.8. The molecule has 4 rings (SSSR count).